The number of rotatable bonds is 6. The van der Waals surface area contributed by atoms with Crippen molar-refractivity contribution in [3.63, 3.8) is 0 Å². The Bertz CT molecular complexity index is 1070. The summed E-state index contributed by atoms with van der Waals surface area (Å²) in [4.78, 5) is 16.9. The number of para-hydroxylation sites is 1. The molecule has 1 amide bonds. The molecule has 27 heavy (non-hydrogen) atoms. The molecule has 0 spiro atoms. The minimum Gasteiger partial charge on any atom is -0.352 e. The van der Waals surface area contributed by atoms with Crippen LogP contribution in [0.5, 0.6) is 0 Å². The summed E-state index contributed by atoms with van der Waals surface area (Å²) in [5.74, 6) is -0.306. The second-order valence-corrected chi connectivity index (χ2v) is 8.47. The molecule has 1 heterocycles. The van der Waals surface area contributed by atoms with Crippen LogP contribution in [0.15, 0.2) is 65.7 Å². The molecule has 7 heteroatoms. The third-order valence-electron chi connectivity index (χ3n) is 4.27. The second kappa shape index (κ2) is 7.85. The van der Waals surface area contributed by atoms with Crippen molar-refractivity contribution in [2.24, 2.45) is 0 Å². The maximum Gasteiger partial charge on any atom is 0.251 e. The van der Waals surface area contributed by atoms with Crippen LogP contribution in [0.3, 0.4) is 0 Å². The Morgan fingerprint density at radius 2 is 1.81 bits per heavy atom. The van der Waals surface area contributed by atoms with Crippen LogP contribution in [0, 0.1) is 0 Å². The van der Waals surface area contributed by atoms with Crippen LogP contribution in [0.1, 0.15) is 15.9 Å². The molecule has 0 aliphatic carbocycles. The van der Waals surface area contributed by atoms with E-state index in [2.05, 4.69) is 10.3 Å². The number of hydrogen-bond acceptors (Lipinski definition) is 4. The van der Waals surface area contributed by atoms with Crippen molar-refractivity contribution in [3.05, 3.63) is 71.9 Å². The Kier molecular flexibility index (Phi) is 5.53. The van der Waals surface area contributed by atoms with Gasteiger partial charge >= 0.3 is 0 Å². The Labute approximate surface area is 158 Å². The zero-order valence-corrected chi connectivity index (χ0v) is 16.0. The van der Waals surface area contributed by atoms with Gasteiger partial charge in [0.15, 0.2) is 0 Å². The van der Waals surface area contributed by atoms with Gasteiger partial charge in [0.2, 0.25) is 10.0 Å². The molecule has 0 bridgehead atoms. The number of hydrogen-bond donors (Lipinski definition) is 1. The average molecular weight is 383 g/mol. The van der Waals surface area contributed by atoms with Gasteiger partial charge in [-0.2, -0.15) is 0 Å². The van der Waals surface area contributed by atoms with Crippen molar-refractivity contribution in [1.82, 2.24) is 14.6 Å². The summed E-state index contributed by atoms with van der Waals surface area (Å²) in [5.41, 5.74) is 2.29. The molecule has 1 N–H and O–H groups in total. The van der Waals surface area contributed by atoms with E-state index in [9.17, 15) is 13.2 Å². The number of nitrogens with zero attached hydrogens (tertiary/aromatic N) is 2. The number of carbonyl (C=O) groups excluding carboxylic acids is 1. The lowest BCUT2D eigenvalue weighted by Gasteiger charge is -2.12. The summed E-state index contributed by atoms with van der Waals surface area (Å²) in [6, 6.07) is 15.9. The summed E-state index contributed by atoms with van der Waals surface area (Å²) in [7, 11) is -0.658. The van der Waals surface area contributed by atoms with Crippen molar-refractivity contribution < 1.29 is 13.2 Å². The number of aromatic nitrogens is 1. The lowest BCUT2D eigenvalue weighted by molar-refractivity contribution is 0.0954. The van der Waals surface area contributed by atoms with Gasteiger partial charge in [0.1, 0.15) is 0 Å². The third-order valence-corrected chi connectivity index (χ3v) is 6.08. The Balaban J connectivity index is 1.70. The average Bonchev–Trinajstić information content (AvgIpc) is 2.68. The highest BCUT2D eigenvalue weighted by molar-refractivity contribution is 7.89. The first-order valence-electron chi connectivity index (χ1n) is 8.53. The molecule has 3 rings (SSSR count). The molecule has 0 aliphatic rings. The van der Waals surface area contributed by atoms with Crippen molar-refractivity contribution >= 4 is 26.8 Å². The van der Waals surface area contributed by atoms with Gasteiger partial charge < -0.3 is 5.32 Å². The number of benzene rings is 2. The highest BCUT2D eigenvalue weighted by Gasteiger charge is 2.18. The van der Waals surface area contributed by atoms with Crippen LogP contribution >= 0.6 is 0 Å². The van der Waals surface area contributed by atoms with Gasteiger partial charge in [-0.3, -0.25) is 9.78 Å². The van der Waals surface area contributed by atoms with Crippen molar-refractivity contribution in [1.29, 1.82) is 0 Å². The molecule has 0 saturated carbocycles. The smallest absolute Gasteiger partial charge is 0.251 e. The molecule has 0 aliphatic heterocycles. The van der Waals surface area contributed by atoms with Gasteiger partial charge in [0.05, 0.1) is 10.4 Å². The van der Waals surface area contributed by atoms with E-state index in [-0.39, 0.29) is 10.8 Å². The molecule has 3 aromatic rings. The van der Waals surface area contributed by atoms with Gasteiger partial charge in [-0.1, -0.05) is 30.3 Å². The normalized spacial score (nSPS) is 11.7. The largest absolute Gasteiger partial charge is 0.352 e. The molecule has 0 radical (unpaired) electrons. The highest BCUT2D eigenvalue weighted by Crippen LogP contribution is 2.17. The topological polar surface area (TPSA) is 79.4 Å². The zero-order chi connectivity index (χ0) is 19.4. The zero-order valence-electron chi connectivity index (χ0n) is 15.2. The summed E-state index contributed by atoms with van der Waals surface area (Å²) < 4.78 is 25.6. The van der Waals surface area contributed by atoms with Gasteiger partial charge in [0, 0.05) is 37.8 Å². The van der Waals surface area contributed by atoms with E-state index in [0.29, 0.717) is 18.5 Å². The van der Waals surface area contributed by atoms with E-state index in [0.717, 1.165) is 20.8 Å². The van der Waals surface area contributed by atoms with E-state index in [1.165, 1.54) is 26.2 Å². The van der Waals surface area contributed by atoms with Crippen LogP contribution in [0.2, 0.25) is 0 Å². The Morgan fingerprint density at radius 3 is 2.59 bits per heavy atom. The van der Waals surface area contributed by atoms with Crippen molar-refractivity contribution in [2.45, 2.75) is 11.3 Å². The lowest BCUT2D eigenvalue weighted by atomic mass is 10.1. The van der Waals surface area contributed by atoms with Gasteiger partial charge in [-0.05, 0) is 36.2 Å². The summed E-state index contributed by atoms with van der Waals surface area (Å²) >= 11 is 0. The monoisotopic (exact) mass is 383 g/mol. The number of sulfonamides is 1. The molecule has 6 nitrogen and oxygen atoms in total. The fourth-order valence-electron chi connectivity index (χ4n) is 2.79. The maximum atomic E-state index is 12.4. The first kappa shape index (κ1) is 19.0. The van der Waals surface area contributed by atoms with E-state index in [1.54, 1.807) is 18.3 Å². The van der Waals surface area contributed by atoms with E-state index in [1.807, 2.05) is 30.3 Å². The quantitative estimate of drug-likeness (QED) is 0.709. The molecular formula is C20H21N3O3S. The maximum absolute atomic E-state index is 12.4. The van der Waals surface area contributed by atoms with Crippen LogP contribution in [0.25, 0.3) is 10.9 Å². The number of fused-ring (bicyclic) bond motifs is 1. The number of pyridine rings is 1. The first-order valence-corrected chi connectivity index (χ1v) is 9.97. The van der Waals surface area contributed by atoms with Crippen molar-refractivity contribution in [2.75, 3.05) is 20.6 Å². The standard InChI is InChI=1S/C20H21N3O3S/c1-23(2)27(25,26)18-10-4-8-17(14-18)20(24)22-13-11-16-7-3-6-15-9-5-12-21-19(15)16/h3-10,12,14H,11,13H2,1-2H3,(H,22,24). The fraction of sp³-hybridized carbons (Fsp3) is 0.200. The minimum absolute atomic E-state index is 0.0957. The number of amides is 1. The van der Waals surface area contributed by atoms with E-state index < -0.39 is 10.0 Å². The van der Waals surface area contributed by atoms with Gasteiger partial charge in [-0.15, -0.1) is 0 Å². The summed E-state index contributed by atoms with van der Waals surface area (Å²) in [5, 5.41) is 3.90. The predicted molar refractivity (Wildman–Crippen MR) is 105 cm³/mol. The Morgan fingerprint density at radius 1 is 1.07 bits per heavy atom. The first-order chi connectivity index (χ1) is 12.9. The molecule has 0 fully saturated rings. The van der Waals surface area contributed by atoms with Gasteiger partial charge in [0.25, 0.3) is 5.91 Å². The molecule has 2 aromatic carbocycles. The van der Waals surface area contributed by atoms with E-state index in [4.69, 9.17) is 0 Å². The van der Waals surface area contributed by atoms with Gasteiger partial charge in [-0.25, -0.2) is 12.7 Å². The molecule has 0 unspecified atom stereocenters. The fourth-order valence-corrected chi connectivity index (χ4v) is 3.74. The van der Waals surface area contributed by atoms with Crippen LogP contribution in [0.4, 0.5) is 0 Å². The molecule has 0 saturated heterocycles. The number of carbonyl (C=O) groups is 1. The molecule has 1 aromatic heterocycles. The number of nitrogens with one attached hydrogen (secondary N) is 1. The van der Waals surface area contributed by atoms with Crippen LogP contribution in [-0.4, -0.2) is 44.3 Å². The second-order valence-electron chi connectivity index (χ2n) is 6.31. The van der Waals surface area contributed by atoms with Crippen molar-refractivity contribution in [3.8, 4) is 0 Å². The van der Waals surface area contributed by atoms with E-state index >= 15 is 0 Å². The third kappa shape index (κ3) is 4.15. The van der Waals surface area contributed by atoms with Crippen LogP contribution in [-0.2, 0) is 16.4 Å². The molecular weight excluding hydrogens is 362 g/mol. The lowest BCUT2D eigenvalue weighted by Crippen LogP contribution is -2.27. The molecule has 0 atom stereocenters. The summed E-state index contributed by atoms with van der Waals surface area (Å²) in [6.45, 7) is 0.430. The summed E-state index contributed by atoms with van der Waals surface area (Å²) in [6.07, 6.45) is 2.39. The predicted octanol–water partition coefficient (Wildman–Crippen LogP) is 2.46. The van der Waals surface area contributed by atoms with Crippen LogP contribution < -0.4 is 5.32 Å². The Hall–Kier alpha value is -2.77. The minimum atomic E-state index is -3.58. The highest BCUT2D eigenvalue weighted by atomic mass is 32.2. The molecule has 140 valence electrons. The SMILES string of the molecule is CN(C)S(=O)(=O)c1cccc(C(=O)NCCc2cccc3cccnc23)c1.